The van der Waals surface area contributed by atoms with Gasteiger partial charge < -0.3 is 9.88 Å². The van der Waals surface area contributed by atoms with E-state index >= 15 is 0 Å². The van der Waals surface area contributed by atoms with Crippen LogP contribution in [-0.2, 0) is 16.3 Å². The van der Waals surface area contributed by atoms with Gasteiger partial charge in [-0.05, 0) is 74.2 Å². The highest BCUT2D eigenvalue weighted by molar-refractivity contribution is 7.91. The van der Waals surface area contributed by atoms with Crippen molar-refractivity contribution in [3.8, 4) is 0 Å². The Morgan fingerprint density at radius 3 is 2.79 bits per heavy atom. The molecular formula is C26H26FN3O2S. The van der Waals surface area contributed by atoms with Gasteiger partial charge in [0.05, 0.1) is 21.7 Å². The third-order valence-corrected chi connectivity index (χ3v) is 7.99. The van der Waals surface area contributed by atoms with Gasteiger partial charge in [-0.25, -0.2) is 12.8 Å². The molecule has 0 amide bonds. The zero-order valence-electron chi connectivity index (χ0n) is 18.2. The number of piperidine rings is 1. The van der Waals surface area contributed by atoms with Gasteiger partial charge in [0.1, 0.15) is 5.82 Å². The second-order valence-electron chi connectivity index (χ2n) is 8.62. The van der Waals surface area contributed by atoms with Crippen molar-refractivity contribution in [3.05, 3.63) is 78.4 Å². The average molecular weight is 464 g/mol. The molecule has 5 rings (SSSR count). The third kappa shape index (κ3) is 4.56. The molecule has 0 saturated carbocycles. The van der Waals surface area contributed by atoms with E-state index in [0.717, 1.165) is 54.2 Å². The monoisotopic (exact) mass is 463 g/mol. The number of nitrogens with zero attached hydrogens (tertiary/aromatic N) is 2. The number of hydrogen-bond donors (Lipinski definition) is 1. The molecule has 170 valence electrons. The Morgan fingerprint density at radius 2 is 1.94 bits per heavy atom. The lowest BCUT2D eigenvalue weighted by molar-refractivity contribution is 0.373. The van der Waals surface area contributed by atoms with E-state index in [9.17, 15) is 12.8 Å². The maximum Gasteiger partial charge on any atom is 0.184 e. The topological polar surface area (TPSA) is 64.0 Å². The molecule has 1 aliphatic rings. The molecule has 0 atom stereocenters. The summed E-state index contributed by atoms with van der Waals surface area (Å²) in [5, 5.41) is 5.06. The average Bonchev–Trinajstić information content (AvgIpc) is 3.15. The fourth-order valence-electron chi connectivity index (χ4n) is 4.68. The molecule has 0 radical (unpaired) electrons. The van der Waals surface area contributed by atoms with E-state index in [2.05, 4.69) is 10.3 Å². The molecule has 0 spiro atoms. The van der Waals surface area contributed by atoms with Crippen LogP contribution < -0.4 is 5.32 Å². The van der Waals surface area contributed by atoms with Gasteiger partial charge in [0.2, 0.25) is 0 Å². The predicted molar refractivity (Wildman–Crippen MR) is 130 cm³/mol. The van der Waals surface area contributed by atoms with Gasteiger partial charge in [0, 0.05) is 29.4 Å². The lowest BCUT2D eigenvalue weighted by Crippen LogP contribution is -2.28. The summed E-state index contributed by atoms with van der Waals surface area (Å²) in [6, 6.07) is 13.6. The highest BCUT2D eigenvalue weighted by Gasteiger charge is 2.18. The van der Waals surface area contributed by atoms with Crippen LogP contribution in [0.15, 0.2) is 71.9 Å². The Bertz CT molecular complexity index is 1430. The second-order valence-corrected chi connectivity index (χ2v) is 10.6. The van der Waals surface area contributed by atoms with Crippen molar-refractivity contribution in [2.45, 2.75) is 24.2 Å². The van der Waals surface area contributed by atoms with Crippen molar-refractivity contribution in [1.29, 1.82) is 0 Å². The molecule has 1 aliphatic heterocycles. The molecule has 5 nitrogen and oxygen atoms in total. The van der Waals surface area contributed by atoms with Gasteiger partial charge in [-0.15, -0.1) is 0 Å². The van der Waals surface area contributed by atoms with Crippen molar-refractivity contribution in [2.75, 3.05) is 18.8 Å². The van der Waals surface area contributed by atoms with Crippen molar-refractivity contribution in [2.24, 2.45) is 5.92 Å². The van der Waals surface area contributed by atoms with E-state index in [4.69, 9.17) is 0 Å². The molecule has 0 bridgehead atoms. The van der Waals surface area contributed by atoms with Crippen LogP contribution in [0.4, 0.5) is 4.39 Å². The van der Waals surface area contributed by atoms with Crippen LogP contribution >= 0.6 is 0 Å². The number of nitrogens with one attached hydrogen (secondary N) is 1. The Kier molecular flexibility index (Phi) is 6.00. The molecule has 2 aromatic carbocycles. The lowest BCUT2D eigenvalue weighted by Gasteiger charge is -2.22. The van der Waals surface area contributed by atoms with Crippen molar-refractivity contribution < 1.29 is 12.8 Å². The summed E-state index contributed by atoms with van der Waals surface area (Å²) in [7, 11) is -3.56. The number of sulfone groups is 1. The van der Waals surface area contributed by atoms with E-state index in [1.54, 1.807) is 48.8 Å². The minimum Gasteiger partial charge on any atom is -0.323 e. The fraction of sp³-hybridized carbons (Fsp3) is 0.269. The van der Waals surface area contributed by atoms with Crippen molar-refractivity contribution in [3.63, 3.8) is 0 Å². The van der Waals surface area contributed by atoms with Gasteiger partial charge in [-0.2, -0.15) is 0 Å². The maximum absolute atomic E-state index is 14.0. The zero-order chi connectivity index (χ0) is 22.8. The Hall–Kier alpha value is -3.03. The Morgan fingerprint density at radius 1 is 1.12 bits per heavy atom. The molecule has 1 N–H and O–H groups in total. The highest BCUT2D eigenvalue weighted by atomic mass is 32.2. The van der Waals surface area contributed by atoms with Gasteiger partial charge in [0.15, 0.2) is 9.84 Å². The Balaban J connectivity index is 1.43. The first-order valence-electron chi connectivity index (χ1n) is 11.2. The summed E-state index contributed by atoms with van der Waals surface area (Å²) in [6.07, 6.45) is 10.1. The number of pyridine rings is 1. The predicted octanol–water partition coefficient (Wildman–Crippen LogP) is 4.82. The molecular weight excluding hydrogens is 437 g/mol. The molecule has 3 heterocycles. The number of halogens is 1. The summed E-state index contributed by atoms with van der Waals surface area (Å²) in [4.78, 5) is 4.51. The lowest BCUT2D eigenvalue weighted by atomic mass is 9.91. The van der Waals surface area contributed by atoms with E-state index in [1.807, 2.05) is 22.9 Å². The summed E-state index contributed by atoms with van der Waals surface area (Å²) < 4.78 is 42.0. The maximum atomic E-state index is 14.0. The number of hydrogen-bond acceptors (Lipinski definition) is 4. The molecule has 0 unspecified atom stereocenters. The zero-order valence-corrected chi connectivity index (χ0v) is 19.1. The number of aromatic nitrogens is 2. The first-order valence-corrected chi connectivity index (χ1v) is 12.9. The summed E-state index contributed by atoms with van der Waals surface area (Å²) in [6.45, 7) is 2.02. The molecule has 0 aliphatic carbocycles. The number of rotatable bonds is 6. The normalized spacial score (nSPS) is 15.7. The highest BCUT2D eigenvalue weighted by Crippen LogP contribution is 2.28. The van der Waals surface area contributed by atoms with Crippen LogP contribution in [0.3, 0.4) is 0 Å². The second kappa shape index (κ2) is 9.08. The van der Waals surface area contributed by atoms with Gasteiger partial charge in [0.25, 0.3) is 0 Å². The van der Waals surface area contributed by atoms with E-state index < -0.39 is 9.84 Å². The first-order chi connectivity index (χ1) is 16.0. The third-order valence-electron chi connectivity index (χ3n) is 6.36. The number of para-hydroxylation sites is 1. The first kappa shape index (κ1) is 21.8. The van der Waals surface area contributed by atoms with Gasteiger partial charge >= 0.3 is 0 Å². The smallest absolute Gasteiger partial charge is 0.184 e. The van der Waals surface area contributed by atoms with Crippen molar-refractivity contribution in [1.82, 2.24) is 14.9 Å². The van der Waals surface area contributed by atoms with Crippen LogP contribution in [0.5, 0.6) is 0 Å². The van der Waals surface area contributed by atoms with Crippen LogP contribution in [0.1, 0.15) is 18.4 Å². The summed E-state index contributed by atoms with van der Waals surface area (Å²) in [5.74, 6) is 0.159. The SMILES string of the molecule is O=S(=O)(CC=Cn1cc(CC2CCNCC2)c2cc(F)ccc21)c1cccc2cccnc12. The van der Waals surface area contributed by atoms with Gasteiger partial charge in [-0.1, -0.05) is 24.3 Å². The number of benzene rings is 2. The summed E-state index contributed by atoms with van der Waals surface area (Å²) >= 11 is 0. The van der Waals surface area contributed by atoms with Crippen LogP contribution in [0.25, 0.3) is 28.0 Å². The molecule has 1 saturated heterocycles. The van der Waals surface area contributed by atoms with E-state index in [0.29, 0.717) is 11.4 Å². The quantitative estimate of drug-likeness (QED) is 0.446. The molecule has 4 aromatic rings. The standard InChI is InChI=1S/C26H26FN3O2S/c27-22-7-8-24-23(17-22)21(16-19-9-12-28-13-10-19)18-30(24)14-3-15-33(31,32)25-6-1-4-20-5-2-11-29-26(20)25/h1-8,11,14,17-19,28H,9-10,12-13,15-16H2. The summed E-state index contributed by atoms with van der Waals surface area (Å²) in [5.41, 5.74) is 2.46. The molecule has 2 aromatic heterocycles. The minimum absolute atomic E-state index is 0.146. The van der Waals surface area contributed by atoms with E-state index in [1.165, 1.54) is 6.07 Å². The van der Waals surface area contributed by atoms with Crippen LogP contribution in [-0.4, -0.2) is 36.8 Å². The fourth-order valence-corrected chi connectivity index (χ4v) is 5.95. The molecule has 1 fully saturated rings. The van der Waals surface area contributed by atoms with Gasteiger partial charge in [-0.3, -0.25) is 4.98 Å². The molecule has 7 heteroatoms. The molecule has 33 heavy (non-hydrogen) atoms. The Labute approximate surface area is 192 Å². The van der Waals surface area contributed by atoms with Crippen LogP contribution in [0, 0.1) is 11.7 Å². The minimum atomic E-state index is -3.56. The number of fused-ring (bicyclic) bond motifs is 2. The van der Waals surface area contributed by atoms with E-state index in [-0.39, 0.29) is 16.5 Å². The van der Waals surface area contributed by atoms with Crippen molar-refractivity contribution >= 4 is 37.8 Å². The van der Waals surface area contributed by atoms with Crippen LogP contribution in [0.2, 0.25) is 0 Å². The largest absolute Gasteiger partial charge is 0.323 e.